The molecule has 5 nitrogen and oxygen atoms in total. The van der Waals surface area contributed by atoms with Crippen molar-refractivity contribution >= 4 is 52.3 Å². The summed E-state index contributed by atoms with van der Waals surface area (Å²) in [6.45, 7) is -0.190. The SMILES string of the molecule is NC(=O)c1cccc(CCO)c1C(=O)Nc1c(Cl)cc(Cl)cc1Cl. The molecule has 0 aliphatic rings. The molecule has 2 rings (SSSR count). The van der Waals surface area contributed by atoms with E-state index >= 15 is 0 Å². The molecule has 0 bridgehead atoms. The average molecular weight is 388 g/mol. The second kappa shape index (κ2) is 7.85. The molecule has 0 aromatic heterocycles. The summed E-state index contributed by atoms with van der Waals surface area (Å²) in [6.07, 6.45) is 0.186. The molecule has 2 aromatic rings. The quantitative estimate of drug-likeness (QED) is 0.732. The van der Waals surface area contributed by atoms with Gasteiger partial charge in [-0.2, -0.15) is 0 Å². The number of hydrogen-bond donors (Lipinski definition) is 3. The maximum Gasteiger partial charge on any atom is 0.256 e. The maximum atomic E-state index is 12.7. The molecule has 0 radical (unpaired) electrons. The lowest BCUT2D eigenvalue weighted by atomic mass is 9.97. The number of benzene rings is 2. The zero-order chi connectivity index (χ0) is 17.9. The lowest BCUT2D eigenvalue weighted by Gasteiger charge is -2.14. The summed E-state index contributed by atoms with van der Waals surface area (Å²) in [7, 11) is 0. The number of rotatable bonds is 5. The van der Waals surface area contributed by atoms with Crippen molar-refractivity contribution in [3.8, 4) is 0 Å². The van der Waals surface area contributed by atoms with Crippen molar-refractivity contribution in [3.63, 3.8) is 0 Å². The number of amides is 2. The molecule has 0 spiro atoms. The van der Waals surface area contributed by atoms with Crippen molar-refractivity contribution in [2.75, 3.05) is 11.9 Å². The highest BCUT2D eigenvalue weighted by atomic mass is 35.5. The number of nitrogens with two attached hydrogens (primary N) is 1. The van der Waals surface area contributed by atoms with Crippen molar-refractivity contribution in [1.82, 2.24) is 0 Å². The summed E-state index contributed by atoms with van der Waals surface area (Å²) in [5.41, 5.74) is 6.10. The average Bonchev–Trinajstić information content (AvgIpc) is 2.50. The van der Waals surface area contributed by atoms with E-state index in [0.29, 0.717) is 10.6 Å². The molecule has 0 saturated heterocycles. The molecule has 0 unspecified atom stereocenters. The van der Waals surface area contributed by atoms with Crippen LogP contribution in [0.25, 0.3) is 0 Å². The Bertz CT molecular complexity index is 786. The summed E-state index contributed by atoms with van der Waals surface area (Å²) in [4.78, 5) is 24.3. The van der Waals surface area contributed by atoms with Crippen LogP contribution in [-0.2, 0) is 6.42 Å². The van der Waals surface area contributed by atoms with E-state index in [0.717, 1.165) is 0 Å². The van der Waals surface area contributed by atoms with Gasteiger partial charge in [-0.1, -0.05) is 46.9 Å². The van der Waals surface area contributed by atoms with Crippen LogP contribution >= 0.6 is 34.8 Å². The van der Waals surface area contributed by atoms with Crippen LogP contribution in [0.1, 0.15) is 26.3 Å². The molecule has 0 saturated carbocycles. The standard InChI is InChI=1S/C16H13Cl3N2O3/c17-9-6-11(18)14(12(19)7-9)21-16(24)13-8(4-5-22)2-1-3-10(13)15(20)23/h1-3,6-7,22H,4-5H2,(H2,20,23)(H,21,24). The minimum absolute atomic E-state index is 0.0414. The van der Waals surface area contributed by atoms with Gasteiger partial charge in [0.15, 0.2) is 0 Å². The highest BCUT2D eigenvalue weighted by Crippen LogP contribution is 2.34. The molecular formula is C16H13Cl3N2O3. The predicted octanol–water partition coefficient (Wildman–Crippen LogP) is 3.53. The molecule has 0 aliphatic heterocycles. The van der Waals surface area contributed by atoms with Crippen molar-refractivity contribution in [1.29, 1.82) is 0 Å². The van der Waals surface area contributed by atoms with E-state index in [2.05, 4.69) is 5.32 Å². The maximum absolute atomic E-state index is 12.7. The molecule has 4 N–H and O–H groups in total. The van der Waals surface area contributed by atoms with Gasteiger partial charge in [-0.05, 0) is 30.2 Å². The lowest BCUT2D eigenvalue weighted by molar-refractivity contribution is 0.0976. The number of aliphatic hydroxyl groups excluding tert-OH is 1. The Balaban J connectivity index is 2.48. The van der Waals surface area contributed by atoms with E-state index in [1.165, 1.54) is 18.2 Å². The molecule has 8 heteroatoms. The fraction of sp³-hybridized carbons (Fsp3) is 0.125. The summed E-state index contributed by atoms with van der Waals surface area (Å²) in [5, 5.41) is 12.4. The Morgan fingerprint density at radius 3 is 2.29 bits per heavy atom. The van der Waals surface area contributed by atoms with Gasteiger partial charge in [-0.3, -0.25) is 9.59 Å². The first-order valence-corrected chi connectivity index (χ1v) is 7.97. The zero-order valence-electron chi connectivity index (χ0n) is 12.3. The first kappa shape index (κ1) is 18.5. The second-order valence-corrected chi connectivity index (χ2v) is 6.13. The highest BCUT2D eigenvalue weighted by molar-refractivity contribution is 6.42. The normalized spacial score (nSPS) is 10.5. The molecular weight excluding hydrogens is 375 g/mol. The van der Waals surface area contributed by atoms with Gasteiger partial charge in [-0.15, -0.1) is 0 Å². The fourth-order valence-corrected chi connectivity index (χ4v) is 3.15. The smallest absolute Gasteiger partial charge is 0.256 e. The number of anilines is 1. The van der Waals surface area contributed by atoms with Gasteiger partial charge in [0.1, 0.15) is 0 Å². The number of primary amides is 1. The molecule has 0 aliphatic carbocycles. The van der Waals surface area contributed by atoms with Crippen LogP contribution < -0.4 is 11.1 Å². The number of hydrogen-bond acceptors (Lipinski definition) is 3. The zero-order valence-corrected chi connectivity index (χ0v) is 14.5. The predicted molar refractivity (Wildman–Crippen MR) is 95.2 cm³/mol. The number of halogens is 3. The molecule has 126 valence electrons. The number of carbonyl (C=O) groups excluding carboxylic acids is 2. The largest absolute Gasteiger partial charge is 0.396 e. The van der Waals surface area contributed by atoms with Gasteiger partial charge < -0.3 is 16.2 Å². The summed E-state index contributed by atoms with van der Waals surface area (Å²) < 4.78 is 0. The summed E-state index contributed by atoms with van der Waals surface area (Å²) >= 11 is 17.9. The molecule has 2 aromatic carbocycles. The lowest BCUT2D eigenvalue weighted by Crippen LogP contribution is -2.23. The van der Waals surface area contributed by atoms with E-state index in [1.807, 2.05) is 0 Å². The third-order valence-electron chi connectivity index (χ3n) is 3.27. The van der Waals surface area contributed by atoms with Gasteiger partial charge in [0.2, 0.25) is 5.91 Å². The first-order chi connectivity index (χ1) is 11.3. The van der Waals surface area contributed by atoms with Gasteiger partial charge in [0, 0.05) is 11.6 Å². The number of carbonyl (C=O) groups is 2. The van der Waals surface area contributed by atoms with E-state index < -0.39 is 11.8 Å². The van der Waals surface area contributed by atoms with Crippen LogP contribution in [0.2, 0.25) is 15.1 Å². The molecule has 24 heavy (non-hydrogen) atoms. The van der Waals surface area contributed by atoms with Crippen molar-refractivity contribution in [2.24, 2.45) is 5.73 Å². The third-order valence-corrected chi connectivity index (χ3v) is 4.08. The van der Waals surface area contributed by atoms with Crippen molar-refractivity contribution < 1.29 is 14.7 Å². The van der Waals surface area contributed by atoms with Crippen LogP contribution in [0.15, 0.2) is 30.3 Å². The first-order valence-electron chi connectivity index (χ1n) is 6.83. The van der Waals surface area contributed by atoms with E-state index in [1.54, 1.807) is 12.1 Å². The van der Waals surface area contributed by atoms with Gasteiger partial charge in [0.25, 0.3) is 5.91 Å². The molecule has 2 amide bonds. The van der Waals surface area contributed by atoms with E-state index in [9.17, 15) is 9.59 Å². The van der Waals surface area contributed by atoms with Crippen LogP contribution in [-0.4, -0.2) is 23.5 Å². The van der Waals surface area contributed by atoms with Gasteiger partial charge >= 0.3 is 0 Å². The Morgan fingerprint density at radius 2 is 1.75 bits per heavy atom. The van der Waals surface area contributed by atoms with Gasteiger partial charge in [-0.25, -0.2) is 0 Å². The van der Waals surface area contributed by atoms with Crippen molar-refractivity contribution in [3.05, 3.63) is 62.1 Å². The Labute approximate surface area is 153 Å². The Kier molecular flexibility index (Phi) is 6.07. The summed E-state index contributed by atoms with van der Waals surface area (Å²) in [6, 6.07) is 7.51. The number of aliphatic hydroxyl groups is 1. The minimum Gasteiger partial charge on any atom is -0.396 e. The Morgan fingerprint density at radius 1 is 1.12 bits per heavy atom. The molecule has 0 fully saturated rings. The topological polar surface area (TPSA) is 92.4 Å². The fourth-order valence-electron chi connectivity index (χ4n) is 2.24. The third kappa shape index (κ3) is 3.99. The van der Waals surface area contributed by atoms with Crippen molar-refractivity contribution in [2.45, 2.75) is 6.42 Å². The monoisotopic (exact) mass is 386 g/mol. The minimum atomic E-state index is -0.756. The highest BCUT2D eigenvalue weighted by Gasteiger charge is 2.21. The van der Waals surface area contributed by atoms with Gasteiger partial charge in [0.05, 0.1) is 26.9 Å². The van der Waals surface area contributed by atoms with Crippen LogP contribution in [0, 0.1) is 0 Å². The second-order valence-electron chi connectivity index (χ2n) is 4.88. The van der Waals surface area contributed by atoms with E-state index in [4.69, 9.17) is 45.6 Å². The van der Waals surface area contributed by atoms with Crippen LogP contribution in [0.4, 0.5) is 5.69 Å². The van der Waals surface area contributed by atoms with Crippen LogP contribution in [0.3, 0.4) is 0 Å². The number of nitrogens with one attached hydrogen (secondary N) is 1. The summed E-state index contributed by atoms with van der Waals surface area (Å²) in [5.74, 6) is -1.37. The van der Waals surface area contributed by atoms with Crippen LogP contribution in [0.5, 0.6) is 0 Å². The molecule has 0 atom stereocenters. The van der Waals surface area contributed by atoms with E-state index in [-0.39, 0.29) is 39.9 Å². The molecule has 0 heterocycles. The Hall–Kier alpha value is -1.79.